The van der Waals surface area contributed by atoms with Gasteiger partial charge in [0.2, 0.25) is 5.91 Å². The smallest absolute Gasteiger partial charge is 0.221 e. The molecule has 27 heavy (non-hydrogen) atoms. The highest BCUT2D eigenvalue weighted by atomic mass is 32.1. The number of nitrogens with zero attached hydrogens (tertiary/aromatic N) is 2. The summed E-state index contributed by atoms with van der Waals surface area (Å²) in [7, 11) is 0. The predicted molar refractivity (Wildman–Crippen MR) is 114 cm³/mol. The minimum atomic E-state index is 0.0845. The molecule has 1 aliphatic heterocycles. The molecule has 0 aromatic carbocycles. The second-order valence-electron chi connectivity index (χ2n) is 7.05. The number of guanidine groups is 1. The number of hydrogen-bond acceptors (Lipinski definition) is 4. The monoisotopic (exact) mass is 393 g/mol. The number of aliphatic imine (C=N–C) groups is 1. The van der Waals surface area contributed by atoms with Crippen LogP contribution in [0, 0.1) is 0 Å². The summed E-state index contributed by atoms with van der Waals surface area (Å²) < 4.78 is 0. The summed E-state index contributed by atoms with van der Waals surface area (Å²) in [4.78, 5) is 20.7. The summed E-state index contributed by atoms with van der Waals surface area (Å²) in [6.45, 7) is 10.6. The molecule has 3 N–H and O–H groups in total. The van der Waals surface area contributed by atoms with Crippen molar-refractivity contribution >= 4 is 23.2 Å². The van der Waals surface area contributed by atoms with Crippen molar-refractivity contribution in [3.63, 3.8) is 0 Å². The van der Waals surface area contributed by atoms with Crippen molar-refractivity contribution in [3.05, 3.63) is 22.4 Å². The molecule has 2 atom stereocenters. The van der Waals surface area contributed by atoms with Gasteiger partial charge >= 0.3 is 0 Å². The molecule has 7 heteroatoms. The quantitative estimate of drug-likeness (QED) is 0.422. The number of amides is 1. The Morgan fingerprint density at radius 2 is 2.07 bits per heavy atom. The molecular weight excluding hydrogens is 358 g/mol. The molecule has 0 aliphatic carbocycles. The third kappa shape index (κ3) is 7.50. The average Bonchev–Trinajstić information content (AvgIpc) is 3.36. The van der Waals surface area contributed by atoms with Crippen molar-refractivity contribution in [1.29, 1.82) is 0 Å². The Kier molecular flexibility index (Phi) is 9.62. The topological polar surface area (TPSA) is 68.8 Å². The number of likely N-dealkylation sites (tertiary alicyclic amines) is 1. The van der Waals surface area contributed by atoms with Crippen LogP contribution in [0.4, 0.5) is 0 Å². The zero-order valence-electron chi connectivity index (χ0n) is 17.0. The van der Waals surface area contributed by atoms with Crippen LogP contribution in [0.2, 0.25) is 0 Å². The van der Waals surface area contributed by atoms with E-state index in [0.717, 1.165) is 38.6 Å². The number of rotatable bonds is 10. The third-order valence-corrected chi connectivity index (χ3v) is 5.86. The molecule has 0 spiro atoms. The second-order valence-corrected chi connectivity index (χ2v) is 8.03. The maximum absolute atomic E-state index is 11.9. The molecule has 1 aliphatic rings. The van der Waals surface area contributed by atoms with Gasteiger partial charge in [-0.2, -0.15) is 0 Å². The largest absolute Gasteiger partial charge is 0.357 e. The van der Waals surface area contributed by atoms with Gasteiger partial charge < -0.3 is 16.0 Å². The van der Waals surface area contributed by atoms with E-state index in [2.05, 4.69) is 52.2 Å². The molecule has 1 saturated heterocycles. The molecule has 1 aromatic heterocycles. The van der Waals surface area contributed by atoms with Gasteiger partial charge in [0.15, 0.2) is 5.96 Å². The van der Waals surface area contributed by atoms with Gasteiger partial charge in [0.25, 0.3) is 0 Å². The number of carbonyl (C=O) groups is 1. The van der Waals surface area contributed by atoms with Crippen LogP contribution >= 0.6 is 11.3 Å². The molecule has 1 aromatic rings. The predicted octanol–water partition coefficient (Wildman–Crippen LogP) is 2.74. The Labute approximate surface area is 167 Å². The molecular formula is C20H35N5OS. The number of thiophene rings is 1. The van der Waals surface area contributed by atoms with Crippen molar-refractivity contribution in [2.24, 2.45) is 4.99 Å². The zero-order chi connectivity index (χ0) is 19.5. The summed E-state index contributed by atoms with van der Waals surface area (Å²) >= 11 is 1.81. The number of carbonyl (C=O) groups excluding carboxylic acids is 1. The fraction of sp³-hybridized carbons (Fsp3) is 0.700. The van der Waals surface area contributed by atoms with E-state index < -0.39 is 0 Å². The van der Waals surface area contributed by atoms with Crippen LogP contribution in [0.5, 0.6) is 0 Å². The molecule has 2 unspecified atom stereocenters. The molecule has 6 nitrogen and oxygen atoms in total. The van der Waals surface area contributed by atoms with Gasteiger partial charge in [-0.3, -0.25) is 14.7 Å². The minimum Gasteiger partial charge on any atom is -0.357 e. The van der Waals surface area contributed by atoms with E-state index in [1.54, 1.807) is 0 Å². The van der Waals surface area contributed by atoms with E-state index in [1.165, 1.54) is 17.7 Å². The van der Waals surface area contributed by atoms with Gasteiger partial charge in [-0.15, -0.1) is 11.3 Å². The van der Waals surface area contributed by atoms with Crippen LogP contribution in [-0.2, 0) is 4.79 Å². The summed E-state index contributed by atoms with van der Waals surface area (Å²) in [5.41, 5.74) is 0. The van der Waals surface area contributed by atoms with Gasteiger partial charge in [0.05, 0.1) is 12.6 Å². The summed E-state index contributed by atoms with van der Waals surface area (Å²) in [6, 6.07) is 4.90. The fourth-order valence-corrected chi connectivity index (χ4v) is 4.03. The van der Waals surface area contributed by atoms with E-state index in [0.29, 0.717) is 19.0 Å². The molecule has 2 rings (SSSR count). The van der Waals surface area contributed by atoms with Gasteiger partial charge in [-0.1, -0.05) is 13.0 Å². The van der Waals surface area contributed by atoms with E-state index in [9.17, 15) is 4.79 Å². The molecule has 0 radical (unpaired) electrons. The van der Waals surface area contributed by atoms with E-state index in [4.69, 9.17) is 4.99 Å². The Morgan fingerprint density at radius 1 is 1.30 bits per heavy atom. The molecule has 0 saturated carbocycles. The highest BCUT2D eigenvalue weighted by molar-refractivity contribution is 7.10. The first-order valence-electron chi connectivity index (χ1n) is 10.2. The number of hydrogen-bond donors (Lipinski definition) is 3. The van der Waals surface area contributed by atoms with Crippen molar-refractivity contribution in [3.8, 4) is 0 Å². The maximum atomic E-state index is 11.9. The molecule has 0 bridgehead atoms. The first-order chi connectivity index (χ1) is 13.1. The van der Waals surface area contributed by atoms with Gasteiger partial charge in [0, 0.05) is 30.4 Å². The van der Waals surface area contributed by atoms with Gasteiger partial charge in [-0.25, -0.2) is 0 Å². The molecule has 1 amide bonds. The summed E-state index contributed by atoms with van der Waals surface area (Å²) in [6.07, 6.45) is 3.95. The highest BCUT2D eigenvalue weighted by Crippen LogP contribution is 2.28. The minimum absolute atomic E-state index is 0.0845. The van der Waals surface area contributed by atoms with Crippen LogP contribution in [0.25, 0.3) is 0 Å². The average molecular weight is 394 g/mol. The Morgan fingerprint density at radius 3 is 2.70 bits per heavy atom. The Bertz CT molecular complexity index is 569. The summed E-state index contributed by atoms with van der Waals surface area (Å²) in [5.74, 6) is 0.871. The first-order valence-corrected chi connectivity index (χ1v) is 11.1. The van der Waals surface area contributed by atoms with E-state index >= 15 is 0 Å². The van der Waals surface area contributed by atoms with Crippen LogP contribution in [0.15, 0.2) is 22.5 Å². The second kappa shape index (κ2) is 12.0. The van der Waals surface area contributed by atoms with Crippen LogP contribution < -0.4 is 16.0 Å². The normalized spacial score (nSPS) is 17.5. The molecule has 152 valence electrons. The molecule has 1 fully saturated rings. The van der Waals surface area contributed by atoms with Crippen molar-refractivity contribution in [2.75, 3.05) is 32.7 Å². The van der Waals surface area contributed by atoms with Crippen molar-refractivity contribution in [2.45, 2.75) is 58.5 Å². The van der Waals surface area contributed by atoms with Crippen LogP contribution in [0.3, 0.4) is 0 Å². The maximum Gasteiger partial charge on any atom is 0.221 e. The Balaban J connectivity index is 1.89. The summed E-state index contributed by atoms with van der Waals surface area (Å²) in [5, 5.41) is 11.7. The standard InChI is InChI=1S/C20H35N5OS/c1-4-16(3)24-19(26)10-11-22-20(21-5-2)23-15-17(18-9-8-14-27-18)25-12-6-7-13-25/h8-9,14,16-17H,4-7,10-13,15H2,1-3H3,(H,24,26)(H2,21,22,23). The van der Waals surface area contributed by atoms with Crippen molar-refractivity contribution in [1.82, 2.24) is 20.9 Å². The van der Waals surface area contributed by atoms with E-state index in [1.807, 2.05) is 18.3 Å². The SMILES string of the molecule is CCNC(=NCC(c1cccs1)N1CCCC1)NCCC(=O)NC(C)CC. The molecule has 2 heterocycles. The third-order valence-electron chi connectivity index (χ3n) is 4.88. The van der Waals surface area contributed by atoms with Gasteiger partial charge in [0.1, 0.15) is 0 Å². The lowest BCUT2D eigenvalue weighted by Crippen LogP contribution is -2.41. The lowest BCUT2D eigenvalue weighted by atomic mass is 10.2. The van der Waals surface area contributed by atoms with Crippen LogP contribution in [-0.4, -0.2) is 55.5 Å². The van der Waals surface area contributed by atoms with Gasteiger partial charge in [-0.05, 0) is 57.6 Å². The van der Waals surface area contributed by atoms with Crippen molar-refractivity contribution < 1.29 is 4.79 Å². The lowest BCUT2D eigenvalue weighted by Gasteiger charge is -2.25. The number of nitrogens with one attached hydrogen (secondary N) is 3. The Hall–Kier alpha value is -1.60. The zero-order valence-corrected chi connectivity index (χ0v) is 17.8. The highest BCUT2D eigenvalue weighted by Gasteiger charge is 2.24. The van der Waals surface area contributed by atoms with E-state index in [-0.39, 0.29) is 11.9 Å². The lowest BCUT2D eigenvalue weighted by molar-refractivity contribution is -0.121. The van der Waals surface area contributed by atoms with Crippen LogP contribution in [0.1, 0.15) is 57.4 Å². The first kappa shape index (κ1) is 21.7. The fourth-order valence-electron chi connectivity index (χ4n) is 3.18.